The van der Waals surface area contributed by atoms with Crippen LogP contribution < -0.4 is 0 Å². The minimum atomic E-state index is -4.44. The molecule has 2 aromatic carbocycles. The van der Waals surface area contributed by atoms with Crippen LogP contribution in [0.3, 0.4) is 0 Å². The summed E-state index contributed by atoms with van der Waals surface area (Å²) in [4.78, 5) is 12.5. The fourth-order valence-corrected chi connectivity index (χ4v) is 3.58. The number of rotatable bonds is 8. The van der Waals surface area contributed by atoms with E-state index in [-0.39, 0.29) is 17.8 Å². The molecular formula is C25H27F3O3. The number of alkyl halides is 3. The van der Waals surface area contributed by atoms with Gasteiger partial charge in [0.25, 0.3) is 0 Å². The summed E-state index contributed by atoms with van der Waals surface area (Å²) in [7, 11) is 0. The maximum absolute atomic E-state index is 12.7. The van der Waals surface area contributed by atoms with E-state index in [1.165, 1.54) is 5.56 Å². The van der Waals surface area contributed by atoms with Crippen molar-refractivity contribution in [2.24, 2.45) is 0 Å². The average molecular weight is 432 g/mol. The Hall–Kier alpha value is -2.60. The predicted octanol–water partition coefficient (Wildman–Crippen LogP) is 6.73. The molecular weight excluding hydrogens is 405 g/mol. The van der Waals surface area contributed by atoms with Crippen LogP contribution in [0.25, 0.3) is 0 Å². The second-order valence-electron chi connectivity index (χ2n) is 7.76. The van der Waals surface area contributed by atoms with Gasteiger partial charge < -0.3 is 9.47 Å². The first-order valence-electron chi connectivity index (χ1n) is 10.6. The smallest absolute Gasteiger partial charge is 0.416 e. The van der Waals surface area contributed by atoms with Crippen molar-refractivity contribution in [3.63, 3.8) is 0 Å². The topological polar surface area (TPSA) is 35.5 Å². The molecule has 3 rings (SSSR count). The Bertz CT molecular complexity index is 873. The third kappa shape index (κ3) is 6.96. The number of carbonyl (C=O) groups is 1. The Kier molecular flexibility index (Phi) is 7.91. The number of halogens is 3. The molecule has 166 valence electrons. The van der Waals surface area contributed by atoms with Crippen LogP contribution in [0.4, 0.5) is 13.2 Å². The van der Waals surface area contributed by atoms with Gasteiger partial charge in [-0.05, 0) is 55.2 Å². The van der Waals surface area contributed by atoms with E-state index in [1.54, 1.807) is 0 Å². The standard InChI is InChI=1S/C25H27F3O3/c1-2-3-9-21-16-23(17-22(30-21)15-10-18-7-5-4-6-8-18)31-24(29)19-11-13-20(14-12-19)25(26,27)28/h4-8,11-14,16,21-22H,2-3,9-10,15,17H2,1H3/t21-,22+/m0/s1. The van der Waals surface area contributed by atoms with Crippen LogP contribution in [-0.4, -0.2) is 18.2 Å². The van der Waals surface area contributed by atoms with Gasteiger partial charge in [-0.25, -0.2) is 4.79 Å². The lowest BCUT2D eigenvalue weighted by molar-refractivity contribution is -0.137. The first-order valence-corrected chi connectivity index (χ1v) is 10.6. The lowest BCUT2D eigenvalue weighted by Crippen LogP contribution is -2.28. The van der Waals surface area contributed by atoms with Gasteiger partial charge in [-0.15, -0.1) is 0 Å². The summed E-state index contributed by atoms with van der Waals surface area (Å²) < 4.78 is 50.0. The molecule has 0 bridgehead atoms. The molecule has 0 unspecified atom stereocenters. The third-order valence-corrected chi connectivity index (χ3v) is 5.28. The van der Waals surface area contributed by atoms with Gasteiger partial charge in [0.2, 0.25) is 0 Å². The van der Waals surface area contributed by atoms with Gasteiger partial charge in [0.1, 0.15) is 5.76 Å². The molecule has 0 N–H and O–H groups in total. The molecule has 3 nitrogen and oxygen atoms in total. The van der Waals surface area contributed by atoms with Crippen LogP contribution >= 0.6 is 0 Å². The average Bonchev–Trinajstić information content (AvgIpc) is 2.76. The van der Waals surface area contributed by atoms with Gasteiger partial charge in [0, 0.05) is 6.42 Å². The normalized spacial score (nSPS) is 19.0. The number of hydrogen-bond donors (Lipinski definition) is 0. The number of aryl methyl sites for hydroxylation is 1. The summed E-state index contributed by atoms with van der Waals surface area (Å²) in [5.74, 6) is -0.131. The number of esters is 1. The van der Waals surface area contributed by atoms with Crippen LogP contribution in [0.1, 0.15) is 60.5 Å². The molecule has 1 aliphatic rings. The molecule has 0 aromatic heterocycles. The molecule has 2 atom stereocenters. The monoisotopic (exact) mass is 432 g/mol. The van der Waals surface area contributed by atoms with Crippen molar-refractivity contribution in [1.29, 1.82) is 0 Å². The fraction of sp³-hybridized carbons (Fsp3) is 0.400. The maximum Gasteiger partial charge on any atom is 0.416 e. The van der Waals surface area contributed by atoms with Gasteiger partial charge in [0.05, 0.1) is 23.3 Å². The molecule has 0 saturated heterocycles. The molecule has 0 spiro atoms. The number of ether oxygens (including phenoxy) is 2. The summed E-state index contributed by atoms with van der Waals surface area (Å²) in [6.45, 7) is 2.10. The summed E-state index contributed by atoms with van der Waals surface area (Å²) in [5.41, 5.74) is 0.510. The predicted molar refractivity (Wildman–Crippen MR) is 113 cm³/mol. The highest BCUT2D eigenvalue weighted by Gasteiger charge is 2.30. The number of carbonyl (C=O) groups excluding carboxylic acids is 1. The molecule has 0 amide bonds. The van der Waals surface area contributed by atoms with Crippen molar-refractivity contribution in [3.05, 3.63) is 83.1 Å². The van der Waals surface area contributed by atoms with Crippen molar-refractivity contribution in [3.8, 4) is 0 Å². The van der Waals surface area contributed by atoms with Crippen molar-refractivity contribution in [2.75, 3.05) is 0 Å². The van der Waals surface area contributed by atoms with Gasteiger partial charge in [-0.1, -0.05) is 50.1 Å². The molecule has 0 radical (unpaired) electrons. The molecule has 1 heterocycles. The fourth-order valence-electron chi connectivity index (χ4n) is 3.58. The Morgan fingerprint density at radius 2 is 1.77 bits per heavy atom. The van der Waals surface area contributed by atoms with E-state index in [0.29, 0.717) is 12.2 Å². The molecule has 0 saturated carbocycles. The second kappa shape index (κ2) is 10.6. The minimum absolute atomic E-state index is 0.0810. The molecule has 0 aliphatic carbocycles. The SMILES string of the molecule is CCCC[C@H]1C=C(OC(=O)c2ccc(C(F)(F)F)cc2)C[C@@H](CCc2ccccc2)O1. The van der Waals surface area contributed by atoms with Crippen molar-refractivity contribution < 1.29 is 27.4 Å². The Labute approximate surface area is 180 Å². The second-order valence-corrected chi connectivity index (χ2v) is 7.76. The number of benzene rings is 2. The molecule has 2 aromatic rings. The molecule has 6 heteroatoms. The van der Waals surface area contributed by atoms with E-state index in [9.17, 15) is 18.0 Å². The quantitative estimate of drug-likeness (QED) is 0.434. The lowest BCUT2D eigenvalue weighted by Gasteiger charge is -2.29. The van der Waals surface area contributed by atoms with Crippen LogP contribution in [0.5, 0.6) is 0 Å². The van der Waals surface area contributed by atoms with E-state index < -0.39 is 17.7 Å². The largest absolute Gasteiger partial charge is 0.428 e. The van der Waals surface area contributed by atoms with E-state index in [2.05, 4.69) is 19.1 Å². The highest BCUT2D eigenvalue weighted by molar-refractivity contribution is 5.90. The van der Waals surface area contributed by atoms with Gasteiger partial charge >= 0.3 is 12.1 Å². The summed E-state index contributed by atoms with van der Waals surface area (Å²) in [5, 5.41) is 0. The highest BCUT2D eigenvalue weighted by atomic mass is 19.4. The van der Waals surface area contributed by atoms with E-state index >= 15 is 0 Å². The van der Waals surface area contributed by atoms with Crippen LogP contribution in [-0.2, 0) is 22.1 Å². The third-order valence-electron chi connectivity index (χ3n) is 5.28. The van der Waals surface area contributed by atoms with Crippen LogP contribution in [0, 0.1) is 0 Å². The zero-order valence-electron chi connectivity index (χ0n) is 17.5. The van der Waals surface area contributed by atoms with E-state index in [4.69, 9.17) is 9.47 Å². The summed E-state index contributed by atoms with van der Waals surface area (Å²) in [6, 6.07) is 14.2. The number of unbranched alkanes of at least 4 members (excludes halogenated alkanes) is 1. The van der Waals surface area contributed by atoms with Gasteiger partial charge in [0.15, 0.2) is 0 Å². The lowest BCUT2D eigenvalue weighted by atomic mass is 10.00. The van der Waals surface area contributed by atoms with Gasteiger partial charge in [-0.2, -0.15) is 13.2 Å². The van der Waals surface area contributed by atoms with Crippen molar-refractivity contribution in [1.82, 2.24) is 0 Å². The Morgan fingerprint density at radius 3 is 2.42 bits per heavy atom. The first-order chi connectivity index (χ1) is 14.8. The van der Waals surface area contributed by atoms with E-state index in [1.807, 2.05) is 24.3 Å². The molecule has 31 heavy (non-hydrogen) atoms. The number of hydrogen-bond acceptors (Lipinski definition) is 3. The molecule has 0 fully saturated rings. The van der Waals surface area contributed by atoms with Crippen LogP contribution in [0.15, 0.2) is 66.4 Å². The zero-order valence-corrected chi connectivity index (χ0v) is 17.5. The highest BCUT2D eigenvalue weighted by Crippen LogP contribution is 2.30. The Morgan fingerprint density at radius 1 is 1.06 bits per heavy atom. The Balaban J connectivity index is 1.65. The zero-order chi connectivity index (χ0) is 22.3. The minimum Gasteiger partial charge on any atom is -0.428 e. The van der Waals surface area contributed by atoms with Crippen LogP contribution in [0.2, 0.25) is 0 Å². The summed E-state index contributed by atoms with van der Waals surface area (Å²) >= 11 is 0. The van der Waals surface area contributed by atoms with Crippen molar-refractivity contribution in [2.45, 2.75) is 63.8 Å². The van der Waals surface area contributed by atoms with E-state index in [0.717, 1.165) is 56.4 Å². The van der Waals surface area contributed by atoms with Gasteiger partial charge in [-0.3, -0.25) is 0 Å². The maximum atomic E-state index is 12.7. The summed E-state index contributed by atoms with van der Waals surface area (Å²) in [6.07, 6.45) is 2.14. The first kappa shape index (κ1) is 23.1. The molecule has 1 aliphatic heterocycles. The van der Waals surface area contributed by atoms with Crippen molar-refractivity contribution >= 4 is 5.97 Å².